The molecule has 2 heterocycles. The Kier molecular flexibility index (Phi) is 5.91. The molecule has 0 saturated carbocycles. The molecule has 2 aromatic rings. The number of halogens is 1. The summed E-state index contributed by atoms with van der Waals surface area (Å²) in [7, 11) is 0. The van der Waals surface area contributed by atoms with Crippen molar-refractivity contribution in [1.29, 1.82) is 0 Å². The fourth-order valence-electron chi connectivity index (χ4n) is 3.88. The van der Waals surface area contributed by atoms with Crippen molar-refractivity contribution in [2.45, 2.75) is 58.2 Å². The number of aromatic nitrogens is 1. The molecule has 1 amide bonds. The van der Waals surface area contributed by atoms with Crippen LogP contribution in [0.4, 0.5) is 4.79 Å². The lowest BCUT2D eigenvalue weighted by Crippen LogP contribution is -2.45. The molecule has 0 N–H and O–H groups in total. The molecule has 0 radical (unpaired) electrons. The minimum absolute atomic E-state index is 0.0449. The first-order valence-electron chi connectivity index (χ1n) is 10.3. The molecule has 0 spiro atoms. The molecule has 0 bridgehead atoms. The van der Waals surface area contributed by atoms with Gasteiger partial charge in [-0.25, -0.2) is 4.79 Å². The van der Waals surface area contributed by atoms with E-state index in [4.69, 9.17) is 14.2 Å². The van der Waals surface area contributed by atoms with Crippen LogP contribution in [-0.2, 0) is 24.1 Å². The van der Waals surface area contributed by atoms with E-state index in [0.29, 0.717) is 31.3 Å². The molecule has 0 fully saturated rings. The Morgan fingerprint density at radius 3 is 2.73 bits per heavy atom. The number of aryl methyl sites for hydroxylation is 1. The molecular formula is C23H27BrN2O4. The van der Waals surface area contributed by atoms with Gasteiger partial charge in [0.25, 0.3) is 0 Å². The van der Waals surface area contributed by atoms with Crippen LogP contribution < -0.4 is 9.47 Å². The Bertz CT molecular complexity index is 941. The number of hydrogen-bond donors (Lipinski definition) is 0. The largest absolute Gasteiger partial charge is 0.486 e. The number of fused-ring (bicyclic) bond motifs is 2. The zero-order valence-electron chi connectivity index (χ0n) is 17.6. The van der Waals surface area contributed by atoms with Gasteiger partial charge in [0.2, 0.25) is 0 Å². The van der Waals surface area contributed by atoms with E-state index in [0.717, 1.165) is 29.4 Å². The van der Waals surface area contributed by atoms with Crippen LogP contribution in [0.5, 0.6) is 11.5 Å². The second-order valence-electron chi connectivity index (χ2n) is 8.74. The van der Waals surface area contributed by atoms with Crippen LogP contribution in [0.25, 0.3) is 0 Å². The number of benzene rings is 1. The van der Waals surface area contributed by atoms with Crippen molar-refractivity contribution in [3.63, 3.8) is 0 Å². The van der Waals surface area contributed by atoms with Gasteiger partial charge in [-0.15, -0.1) is 0 Å². The van der Waals surface area contributed by atoms with Crippen LogP contribution in [0.15, 0.2) is 34.9 Å². The first-order valence-corrected chi connectivity index (χ1v) is 11.1. The maximum Gasteiger partial charge on any atom is 0.410 e. The van der Waals surface area contributed by atoms with E-state index >= 15 is 0 Å². The van der Waals surface area contributed by atoms with Gasteiger partial charge < -0.3 is 14.2 Å². The average molecular weight is 475 g/mol. The summed E-state index contributed by atoms with van der Waals surface area (Å²) in [5.41, 5.74) is 2.81. The number of carbonyl (C=O) groups excluding carboxylic acids is 1. The predicted molar refractivity (Wildman–Crippen MR) is 117 cm³/mol. The number of hydrogen-bond acceptors (Lipinski definition) is 5. The third-order valence-electron chi connectivity index (χ3n) is 5.26. The predicted octanol–water partition coefficient (Wildman–Crippen LogP) is 4.91. The minimum atomic E-state index is -0.562. The summed E-state index contributed by atoms with van der Waals surface area (Å²) >= 11 is 3.55. The first kappa shape index (κ1) is 21.0. The summed E-state index contributed by atoms with van der Waals surface area (Å²) in [6, 6.07) is 8.28. The van der Waals surface area contributed by atoms with Gasteiger partial charge in [-0.1, -0.05) is 22.0 Å². The van der Waals surface area contributed by atoms with Gasteiger partial charge in [0, 0.05) is 16.6 Å². The van der Waals surface area contributed by atoms with Crippen molar-refractivity contribution in [3.05, 3.63) is 51.8 Å². The molecule has 2 aliphatic rings. The van der Waals surface area contributed by atoms with Crippen molar-refractivity contribution in [2.75, 3.05) is 13.2 Å². The number of carbonyl (C=O) groups is 1. The number of pyridine rings is 1. The molecular weight excluding hydrogens is 448 g/mol. The highest BCUT2D eigenvalue weighted by molar-refractivity contribution is 9.10. The molecule has 6 nitrogen and oxygen atoms in total. The lowest BCUT2D eigenvalue weighted by Gasteiger charge is -2.36. The maximum atomic E-state index is 13.1. The highest BCUT2D eigenvalue weighted by Gasteiger charge is 2.32. The Hall–Kier alpha value is -2.28. The Balaban J connectivity index is 1.58. The lowest BCUT2D eigenvalue weighted by molar-refractivity contribution is 0.0121. The van der Waals surface area contributed by atoms with E-state index in [2.05, 4.69) is 39.1 Å². The highest BCUT2D eigenvalue weighted by atomic mass is 79.9. The summed E-state index contributed by atoms with van der Waals surface area (Å²) in [6.45, 7) is 7.07. The molecule has 1 aliphatic carbocycles. The lowest BCUT2D eigenvalue weighted by atomic mass is 9.87. The molecule has 160 valence electrons. The maximum absolute atomic E-state index is 13.1. The quantitative estimate of drug-likeness (QED) is 0.632. The molecule has 4 rings (SSSR count). The zero-order valence-corrected chi connectivity index (χ0v) is 19.2. The monoisotopic (exact) mass is 474 g/mol. The average Bonchev–Trinajstić information content (AvgIpc) is 2.70. The summed E-state index contributed by atoms with van der Waals surface area (Å²) < 4.78 is 18.1. The van der Waals surface area contributed by atoms with Crippen molar-refractivity contribution in [2.24, 2.45) is 0 Å². The fraction of sp³-hybridized carbons (Fsp3) is 0.478. The summed E-state index contributed by atoms with van der Waals surface area (Å²) in [5.74, 6) is 1.32. The second-order valence-corrected chi connectivity index (χ2v) is 9.65. The Morgan fingerprint density at radius 2 is 1.97 bits per heavy atom. The first-order chi connectivity index (χ1) is 14.3. The second kappa shape index (κ2) is 8.46. The van der Waals surface area contributed by atoms with Crippen molar-refractivity contribution in [3.8, 4) is 11.5 Å². The molecule has 1 atom stereocenters. The van der Waals surface area contributed by atoms with Crippen molar-refractivity contribution >= 4 is 22.0 Å². The molecule has 1 aromatic carbocycles. The number of rotatable bonds is 3. The van der Waals surface area contributed by atoms with E-state index in [1.807, 2.05) is 31.7 Å². The smallest absolute Gasteiger partial charge is 0.410 e. The van der Waals surface area contributed by atoms with E-state index in [-0.39, 0.29) is 12.1 Å². The molecule has 0 saturated heterocycles. The summed E-state index contributed by atoms with van der Waals surface area (Å²) in [5, 5.41) is 0. The third-order valence-corrected chi connectivity index (χ3v) is 5.75. The van der Waals surface area contributed by atoms with Crippen molar-refractivity contribution < 1.29 is 19.0 Å². The van der Waals surface area contributed by atoms with Gasteiger partial charge >= 0.3 is 6.09 Å². The standard InChI is InChI=1S/C23H27BrN2O4/c1-23(2,3)30-22(27)26(14-18-12-20-21(13-25-18)29-9-8-28-20)19-7-5-15-10-17(24)6-4-16(15)11-19/h4,6,10,12-13,19H,5,7-9,11,14H2,1-3H3/t19-/m0/s1. The van der Waals surface area contributed by atoms with Crippen molar-refractivity contribution in [1.82, 2.24) is 9.88 Å². The van der Waals surface area contributed by atoms with Gasteiger partial charge in [-0.3, -0.25) is 9.88 Å². The van der Waals surface area contributed by atoms with E-state index in [1.54, 1.807) is 6.20 Å². The van der Waals surface area contributed by atoms with Gasteiger partial charge in [0.05, 0.1) is 18.4 Å². The van der Waals surface area contributed by atoms with Crippen LogP contribution >= 0.6 is 15.9 Å². The molecule has 1 aromatic heterocycles. The van der Waals surface area contributed by atoms with E-state index in [1.165, 1.54) is 11.1 Å². The summed E-state index contributed by atoms with van der Waals surface area (Å²) in [6.07, 6.45) is 3.96. The Labute approximate surface area is 185 Å². The van der Waals surface area contributed by atoms with Crippen LogP contribution in [0.1, 0.15) is 44.0 Å². The van der Waals surface area contributed by atoms with E-state index < -0.39 is 5.60 Å². The molecule has 7 heteroatoms. The van der Waals surface area contributed by atoms with Gasteiger partial charge in [0.15, 0.2) is 11.5 Å². The normalized spacial score (nSPS) is 17.8. The molecule has 30 heavy (non-hydrogen) atoms. The van der Waals surface area contributed by atoms with E-state index in [9.17, 15) is 4.79 Å². The van der Waals surface area contributed by atoms with Gasteiger partial charge in [-0.05, 0) is 63.3 Å². The molecule has 0 unspecified atom stereocenters. The van der Waals surface area contributed by atoms with Crippen LogP contribution in [0.3, 0.4) is 0 Å². The topological polar surface area (TPSA) is 60.9 Å². The summed E-state index contributed by atoms with van der Waals surface area (Å²) in [4.78, 5) is 19.4. The molecule has 1 aliphatic heterocycles. The Morgan fingerprint density at radius 1 is 1.20 bits per heavy atom. The number of ether oxygens (including phenoxy) is 3. The number of amides is 1. The number of nitrogens with zero attached hydrogens (tertiary/aromatic N) is 2. The zero-order chi connectivity index (χ0) is 21.3. The van der Waals surface area contributed by atoms with Crippen LogP contribution in [-0.4, -0.2) is 40.8 Å². The van der Waals surface area contributed by atoms with Gasteiger partial charge in [0.1, 0.15) is 18.8 Å². The minimum Gasteiger partial charge on any atom is -0.486 e. The fourth-order valence-corrected chi connectivity index (χ4v) is 4.29. The highest BCUT2D eigenvalue weighted by Crippen LogP contribution is 2.32. The SMILES string of the molecule is CC(C)(C)OC(=O)N(Cc1cc2c(cn1)OCCO2)[C@H]1CCc2cc(Br)ccc2C1. The van der Waals surface area contributed by atoms with Crippen LogP contribution in [0, 0.1) is 0 Å². The van der Waals surface area contributed by atoms with Crippen LogP contribution in [0.2, 0.25) is 0 Å². The van der Waals surface area contributed by atoms with Gasteiger partial charge in [-0.2, -0.15) is 0 Å². The third kappa shape index (κ3) is 4.89.